The van der Waals surface area contributed by atoms with E-state index >= 15 is 0 Å². The van der Waals surface area contributed by atoms with E-state index in [0.29, 0.717) is 19.2 Å². The molecule has 0 aromatic rings. The topological polar surface area (TPSA) is 41.6 Å². The van der Waals surface area contributed by atoms with Crippen LogP contribution in [-0.2, 0) is 9.53 Å². The zero-order valence-electron chi connectivity index (χ0n) is 9.37. The predicted octanol–water partition coefficient (Wildman–Crippen LogP) is 0.233. The third-order valence-corrected chi connectivity index (χ3v) is 3.25. The summed E-state index contributed by atoms with van der Waals surface area (Å²) in [6.07, 6.45) is 3.63. The van der Waals surface area contributed by atoms with Gasteiger partial charge in [0.25, 0.3) is 0 Å². The van der Waals surface area contributed by atoms with Gasteiger partial charge in [0, 0.05) is 13.7 Å². The molecule has 86 valence electrons. The molecule has 4 nitrogen and oxygen atoms in total. The van der Waals surface area contributed by atoms with E-state index in [2.05, 4.69) is 5.32 Å². The van der Waals surface area contributed by atoms with Gasteiger partial charge in [0.1, 0.15) is 0 Å². The third-order valence-electron chi connectivity index (χ3n) is 3.25. The number of hydrogen-bond donors (Lipinski definition) is 1. The van der Waals surface area contributed by atoms with Crippen molar-refractivity contribution in [3.05, 3.63) is 0 Å². The number of likely N-dealkylation sites (N-methyl/N-ethyl adjacent to an activating group) is 1. The second-order valence-electron chi connectivity index (χ2n) is 4.60. The van der Waals surface area contributed by atoms with E-state index in [4.69, 9.17) is 4.74 Å². The van der Waals surface area contributed by atoms with Gasteiger partial charge < -0.3 is 15.0 Å². The van der Waals surface area contributed by atoms with Crippen molar-refractivity contribution in [3.63, 3.8) is 0 Å². The lowest BCUT2D eigenvalue weighted by Gasteiger charge is -2.23. The molecule has 1 saturated carbocycles. The Morgan fingerprint density at radius 3 is 2.87 bits per heavy atom. The molecule has 2 rings (SSSR count). The number of carbonyl (C=O) groups excluding carboxylic acids is 1. The summed E-state index contributed by atoms with van der Waals surface area (Å²) >= 11 is 0. The van der Waals surface area contributed by atoms with E-state index in [1.165, 1.54) is 12.8 Å². The Labute approximate surface area is 91.0 Å². The smallest absolute Gasteiger partial charge is 0.236 e. The highest BCUT2D eigenvalue weighted by Crippen LogP contribution is 2.27. The van der Waals surface area contributed by atoms with Gasteiger partial charge in [0.2, 0.25) is 5.91 Å². The summed E-state index contributed by atoms with van der Waals surface area (Å²) in [6, 6.07) is 0.292. The summed E-state index contributed by atoms with van der Waals surface area (Å²) in [6.45, 7) is 2.97. The van der Waals surface area contributed by atoms with Crippen molar-refractivity contribution >= 4 is 5.91 Å². The molecule has 0 spiro atoms. The second kappa shape index (κ2) is 4.94. The van der Waals surface area contributed by atoms with Gasteiger partial charge in [-0.1, -0.05) is 0 Å². The van der Waals surface area contributed by atoms with Gasteiger partial charge in [-0.15, -0.1) is 0 Å². The summed E-state index contributed by atoms with van der Waals surface area (Å²) in [5.41, 5.74) is 0. The molecule has 2 fully saturated rings. The average Bonchev–Trinajstić information content (AvgIpc) is 2.90. The molecule has 1 aliphatic heterocycles. The fourth-order valence-electron chi connectivity index (χ4n) is 1.86. The minimum atomic E-state index is 0.186. The molecule has 15 heavy (non-hydrogen) atoms. The van der Waals surface area contributed by atoms with Crippen LogP contribution in [0.3, 0.4) is 0 Å². The minimum absolute atomic E-state index is 0.186. The Hall–Kier alpha value is -0.610. The number of rotatable bonds is 5. The molecule has 0 radical (unpaired) electrons. The number of nitrogens with one attached hydrogen (secondary N) is 1. The first kappa shape index (κ1) is 10.9. The number of amides is 1. The summed E-state index contributed by atoms with van der Waals surface area (Å²) in [4.78, 5) is 13.6. The van der Waals surface area contributed by atoms with Crippen LogP contribution in [-0.4, -0.2) is 50.2 Å². The van der Waals surface area contributed by atoms with Crippen LogP contribution in [0.2, 0.25) is 0 Å². The molecule has 1 saturated heterocycles. The van der Waals surface area contributed by atoms with Crippen LogP contribution in [0.4, 0.5) is 0 Å². The standard InChI is InChI=1S/C11H20N2O2/c1-13(10-4-5-15-8-10)11(14)7-12-6-9-2-3-9/h9-10,12H,2-8H2,1H3. The van der Waals surface area contributed by atoms with Gasteiger partial charge in [-0.2, -0.15) is 0 Å². The Kier molecular flexibility index (Phi) is 3.59. The third kappa shape index (κ3) is 3.18. The van der Waals surface area contributed by atoms with Crippen molar-refractivity contribution in [2.45, 2.75) is 25.3 Å². The minimum Gasteiger partial charge on any atom is -0.379 e. The SMILES string of the molecule is CN(C(=O)CNCC1CC1)C1CCOC1. The molecule has 1 aliphatic carbocycles. The van der Waals surface area contributed by atoms with E-state index in [9.17, 15) is 4.79 Å². The first-order chi connectivity index (χ1) is 7.27. The summed E-state index contributed by atoms with van der Waals surface area (Å²) < 4.78 is 5.27. The maximum absolute atomic E-state index is 11.7. The number of hydrogen-bond acceptors (Lipinski definition) is 3. The van der Waals surface area contributed by atoms with Crippen LogP contribution < -0.4 is 5.32 Å². The van der Waals surface area contributed by atoms with Gasteiger partial charge in [0.15, 0.2) is 0 Å². The highest BCUT2D eigenvalue weighted by atomic mass is 16.5. The van der Waals surface area contributed by atoms with Crippen molar-refractivity contribution in [1.82, 2.24) is 10.2 Å². The fraction of sp³-hybridized carbons (Fsp3) is 0.909. The summed E-state index contributed by atoms with van der Waals surface area (Å²) in [7, 11) is 1.88. The second-order valence-corrected chi connectivity index (χ2v) is 4.60. The Morgan fingerprint density at radius 2 is 2.27 bits per heavy atom. The number of carbonyl (C=O) groups is 1. The Bertz CT molecular complexity index is 223. The fourth-order valence-corrected chi connectivity index (χ4v) is 1.86. The van der Waals surface area contributed by atoms with Crippen LogP contribution in [0, 0.1) is 5.92 Å². The molecule has 1 amide bonds. The quantitative estimate of drug-likeness (QED) is 0.709. The van der Waals surface area contributed by atoms with Crippen LogP contribution in [0.25, 0.3) is 0 Å². The van der Waals surface area contributed by atoms with E-state index in [1.54, 1.807) is 0 Å². The number of ether oxygens (including phenoxy) is 1. The highest BCUT2D eigenvalue weighted by molar-refractivity contribution is 5.78. The zero-order valence-corrected chi connectivity index (χ0v) is 9.37. The normalized spacial score (nSPS) is 25.5. The van der Waals surface area contributed by atoms with Crippen LogP contribution in [0.1, 0.15) is 19.3 Å². The average molecular weight is 212 g/mol. The molecule has 2 aliphatic rings. The molecule has 0 aromatic heterocycles. The maximum atomic E-state index is 11.7. The molecule has 1 atom stereocenters. The first-order valence-electron chi connectivity index (χ1n) is 5.81. The molecule has 0 bridgehead atoms. The van der Waals surface area contributed by atoms with Crippen molar-refractivity contribution in [1.29, 1.82) is 0 Å². The summed E-state index contributed by atoms with van der Waals surface area (Å²) in [5, 5.41) is 3.22. The van der Waals surface area contributed by atoms with Gasteiger partial charge >= 0.3 is 0 Å². The van der Waals surface area contributed by atoms with Gasteiger partial charge in [-0.3, -0.25) is 4.79 Å². The van der Waals surface area contributed by atoms with Crippen molar-refractivity contribution in [3.8, 4) is 0 Å². The molecule has 4 heteroatoms. The van der Waals surface area contributed by atoms with E-state index in [0.717, 1.165) is 25.5 Å². The lowest BCUT2D eigenvalue weighted by atomic mass is 10.2. The van der Waals surface area contributed by atoms with E-state index in [-0.39, 0.29) is 5.91 Å². The predicted molar refractivity (Wildman–Crippen MR) is 57.6 cm³/mol. The first-order valence-corrected chi connectivity index (χ1v) is 5.81. The van der Waals surface area contributed by atoms with Gasteiger partial charge in [-0.25, -0.2) is 0 Å². The van der Waals surface area contributed by atoms with Crippen LogP contribution in [0.5, 0.6) is 0 Å². The van der Waals surface area contributed by atoms with E-state index in [1.807, 2.05) is 11.9 Å². The van der Waals surface area contributed by atoms with Crippen molar-refractivity contribution in [2.75, 3.05) is 33.4 Å². The number of nitrogens with zero attached hydrogens (tertiary/aromatic N) is 1. The Balaban J connectivity index is 1.64. The molecular formula is C11H20N2O2. The van der Waals surface area contributed by atoms with Gasteiger partial charge in [0.05, 0.1) is 19.2 Å². The largest absolute Gasteiger partial charge is 0.379 e. The highest BCUT2D eigenvalue weighted by Gasteiger charge is 2.25. The van der Waals surface area contributed by atoms with Crippen LogP contribution >= 0.6 is 0 Å². The van der Waals surface area contributed by atoms with E-state index < -0.39 is 0 Å². The van der Waals surface area contributed by atoms with Crippen LogP contribution in [0.15, 0.2) is 0 Å². The Morgan fingerprint density at radius 1 is 1.47 bits per heavy atom. The maximum Gasteiger partial charge on any atom is 0.236 e. The molecular weight excluding hydrogens is 192 g/mol. The van der Waals surface area contributed by atoms with Gasteiger partial charge in [-0.05, 0) is 31.7 Å². The molecule has 1 heterocycles. The zero-order chi connectivity index (χ0) is 10.7. The molecule has 1 N–H and O–H groups in total. The molecule has 1 unspecified atom stereocenters. The monoisotopic (exact) mass is 212 g/mol. The molecule has 0 aromatic carbocycles. The summed E-state index contributed by atoms with van der Waals surface area (Å²) in [5.74, 6) is 1.02. The van der Waals surface area contributed by atoms with Crippen molar-refractivity contribution < 1.29 is 9.53 Å². The lowest BCUT2D eigenvalue weighted by Crippen LogP contribution is -2.42. The lowest BCUT2D eigenvalue weighted by molar-refractivity contribution is -0.131. The van der Waals surface area contributed by atoms with Crippen molar-refractivity contribution in [2.24, 2.45) is 5.92 Å².